The summed E-state index contributed by atoms with van der Waals surface area (Å²) in [5.74, 6) is 5.87. The minimum absolute atomic E-state index is 0.0228. The van der Waals surface area contributed by atoms with E-state index in [4.69, 9.17) is 10.5 Å². The van der Waals surface area contributed by atoms with E-state index < -0.39 is 24.1 Å². The van der Waals surface area contributed by atoms with Crippen LogP contribution in [0.2, 0.25) is 0 Å². The van der Waals surface area contributed by atoms with E-state index in [-0.39, 0.29) is 29.7 Å². The number of hydrogen-bond donors (Lipinski definition) is 3. The van der Waals surface area contributed by atoms with E-state index in [0.717, 1.165) is 11.8 Å². The SMILES string of the molecule is Nc1nc(=O)n(C2CC(O)C(CO)O2)cc1C#CCSC(=O)c1ccccc1. The quantitative estimate of drug-likeness (QED) is 0.628. The number of thioether (sulfide) groups is 1. The summed E-state index contributed by atoms with van der Waals surface area (Å²) in [7, 11) is 0. The van der Waals surface area contributed by atoms with Gasteiger partial charge in [0, 0.05) is 18.2 Å². The molecule has 4 N–H and O–H groups in total. The van der Waals surface area contributed by atoms with Crippen molar-refractivity contribution in [3.63, 3.8) is 0 Å². The van der Waals surface area contributed by atoms with Gasteiger partial charge in [0.1, 0.15) is 18.1 Å². The first kappa shape index (κ1) is 20.1. The molecular weight excluding hydrogens is 382 g/mol. The van der Waals surface area contributed by atoms with Crippen LogP contribution in [0.4, 0.5) is 5.82 Å². The van der Waals surface area contributed by atoms with Crippen LogP contribution in [-0.2, 0) is 4.74 Å². The highest BCUT2D eigenvalue weighted by Gasteiger charge is 2.35. The number of aliphatic hydroxyl groups excluding tert-OH is 2. The zero-order valence-electron chi connectivity index (χ0n) is 14.8. The lowest BCUT2D eigenvalue weighted by Crippen LogP contribution is -2.28. The van der Waals surface area contributed by atoms with Gasteiger partial charge in [-0.1, -0.05) is 53.9 Å². The summed E-state index contributed by atoms with van der Waals surface area (Å²) >= 11 is 1.06. The van der Waals surface area contributed by atoms with Crippen LogP contribution in [0.15, 0.2) is 41.3 Å². The standard InChI is InChI=1S/C19H19N3O5S/c20-17-13(7-4-8-28-18(25)12-5-2-1-3-6-12)10-22(19(26)21-17)16-9-14(24)15(11-23)27-16/h1-3,5-6,10,14-16,23-24H,8-9,11H2,(H2,20,21,26). The van der Waals surface area contributed by atoms with E-state index in [1.165, 1.54) is 10.8 Å². The van der Waals surface area contributed by atoms with Crippen LogP contribution in [0.25, 0.3) is 0 Å². The average Bonchev–Trinajstić information content (AvgIpc) is 3.07. The minimum Gasteiger partial charge on any atom is -0.394 e. The molecule has 2 heterocycles. The van der Waals surface area contributed by atoms with Crippen molar-refractivity contribution in [3.8, 4) is 11.8 Å². The zero-order chi connectivity index (χ0) is 20.1. The summed E-state index contributed by atoms with van der Waals surface area (Å²) in [5.41, 5.74) is 6.05. The van der Waals surface area contributed by atoms with Crippen molar-refractivity contribution in [2.45, 2.75) is 24.9 Å². The Morgan fingerprint density at radius 1 is 1.39 bits per heavy atom. The number of carbonyl (C=O) groups excluding carboxylic acids is 1. The van der Waals surface area contributed by atoms with Gasteiger partial charge in [0.15, 0.2) is 0 Å². The van der Waals surface area contributed by atoms with Gasteiger partial charge in [-0.15, -0.1) is 0 Å². The Morgan fingerprint density at radius 2 is 2.14 bits per heavy atom. The lowest BCUT2D eigenvalue weighted by molar-refractivity contribution is -0.0458. The monoisotopic (exact) mass is 401 g/mol. The van der Waals surface area contributed by atoms with Crippen LogP contribution in [0, 0.1) is 11.8 Å². The summed E-state index contributed by atoms with van der Waals surface area (Å²) in [6, 6.07) is 8.88. The van der Waals surface area contributed by atoms with Crippen LogP contribution in [0.1, 0.15) is 28.6 Å². The molecule has 1 saturated heterocycles. The number of carbonyl (C=O) groups is 1. The topological polar surface area (TPSA) is 128 Å². The fourth-order valence-corrected chi connectivity index (χ4v) is 3.30. The number of anilines is 1. The third-order valence-corrected chi connectivity index (χ3v) is 4.97. The molecular formula is C19H19N3O5S. The Bertz CT molecular complexity index is 967. The molecule has 28 heavy (non-hydrogen) atoms. The van der Waals surface area contributed by atoms with Gasteiger partial charge in [-0.05, 0) is 0 Å². The van der Waals surface area contributed by atoms with Crippen LogP contribution in [0.3, 0.4) is 0 Å². The number of nitrogen functional groups attached to an aromatic ring is 1. The summed E-state index contributed by atoms with van der Waals surface area (Å²) < 4.78 is 6.67. The molecule has 0 spiro atoms. The van der Waals surface area contributed by atoms with Gasteiger partial charge < -0.3 is 20.7 Å². The molecule has 1 aromatic carbocycles. The highest BCUT2D eigenvalue weighted by atomic mass is 32.2. The second kappa shape index (κ2) is 9.03. The maximum atomic E-state index is 12.1. The number of hydrogen-bond acceptors (Lipinski definition) is 8. The normalized spacial score (nSPS) is 21.1. The van der Waals surface area contributed by atoms with Crippen molar-refractivity contribution in [2.24, 2.45) is 0 Å². The van der Waals surface area contributed by atoms with Gasteiger partial charge >= 0.3 is 5.69 Å². The first-order valence-corrected chi connectivity index (χ1v) is 9.52. The Morgan fingerprint density at radius 3 is 2.82 bits per heavy atom. The molecule has 1 aromatic heterocycles. The second-order valence-corrected chi connectivity index (χ2v) is 7.04. The first-order chi connectivity index (χ1) is 13.5. The molecule has 2 aromatic rings. The molecule has 0 radical (unpaired) electrons. The summed E-state index contributed by atoms with van der Waals surface area (Å²) in [6.07, 6.45) is -0.843. The smallest absolute Gasteiger partial charge is 0.351 e. The molecule has 3 unspecified atom stereocenters. The molecule has 0 aliphatic carbocycles. The summed E-state index contributed by atoms with van der Waals surface area (Å²) in [5, 5.41) is 18.9. The molecule has 3 rings (SSSR count). The molecule has 8 nitrogen and oxygen atoms in total. The Hall–Kier alpha value is -2.64. The number of benzene rings is 1. The molecule has 1 aliphatic heterocycles. The Kier molecular flexibility index (Phi) is 6.49. The van der Waals surface area contributed by atoms with Gasteiger partial charge in [-0.25, -0.2) is 4.79 Å². The Balaban J connectivity index is 1.71. The highest BCUT2D eigenvalue weighted by Crippen LogP contribution is 2.27. The van der Waals surface area contributed by atoms with Crippen molar-refractivity contribution in [2.75, 3.05) is 18.1 Å². The van der Waals surface area contributed by atoms with Gasteiger partial charge in [-0.3, -0.25) is 9.36 Å². The number of ether oxygens (including phenoxy) is 1. The molecule has 9 heteroatoms. The van der Waals surface area contributed by atoms with Crippen LogP contribution >= 0.6 is 11.8 Å². The highest BCUT2D eigenvalue weighted by molar-refractivity contribution is 8.14. The number of nitrogens with zero attached hydrogens (tertiary/aromatic N) is 2. The minimum atomic E-state index is -0.880. The predicted octanol–water partition coefficient (Wildman–Crippen LogP) is 0.391. The lowest BCUT2D eigenvalue weighted by Gasteiger charge is -2.14. The average molecular weight is 401 g/mol. The third kappa shape index (κ3) is 4.61. The van der Waals surface area contributed by atoms with E-state index in [2.05, 4.69) is 16.8 Å². The number of rotatable bonds is 4. The zero-order valence-corrected chi connectivity index (χ0v) is 15.6. The maximum absolute atomic E-state index is 12.1. The molecule has 1 fully saturated rings. The van der Waals surface area contributed by atoms with Crippen molar-refractivity contribution in [1.82, 2.24) is 9.55 Å². The molecule has 3 atom stereocenters. The van der Waals surface area contributed by atoms with Gasteiger partial charge in [0.25, 0.3) is 0 Å². The lowest BCUT2D eigenvalue weighted by atomic mass is 10.2. The number of nitrogens with two attached hydrogens (primary N) is 1. The summed E-state index contributed by atoms with van der Waals surface area (Å²) in [6.45, 7) is -0.353. The second-order valence-electron chi connectivity index (χ2n) is 6.09. The molecule has 0 saturated carbocycles. The molecule has 146 valence electrons. The molecule has 1 aliphatic rings. The van der Waals surface area contributed by atoms with Crippen molar-refractivity contribution < 1.29 is 19.7 Å². The van der Waals surface area contributed by atoms with E-state index in [1.54, 1.807) is 24.3 Å². The molecule has 0 bridgehead atoms. The fourth-order valence-electron chi connectivity index (χ4n) is 2.72. The maximum Gasteiger partial charge on any atom is 0.351 e. The van der Waals surface area contributed by atoms with E-state index in [9.17, 15) is 19.8 Å². The van der Waals surface area contributed by atoms with Crippen molar-refractivity contribution in [3.05, 3.63) is 58.1 Å². The van der Waals surface area contributed by atoms with Crippen LogP contribution in [0.5, 0.6) is 0 Å². The summed E-state index contributed by atoms with van der Waals surface area (Å²) in [4.78, 5) is 27.9. The van der Waals surface area contributed by atoms with E-state index in [1.807, 2.05) is 6.07 Å². The third-order valence-electron chi connectivity index (χ3n) is 4.18. The first-order valence-electron chi connectivity index (χ1n) is 8.53. The number of aliphatic hydroxyl groups is 2. The molecule has 0 amide bonds. The number of aromatic nitrogens is 2. The van der Waals surface area contributed by atoms with Crippen molar-refractivity contribution in [1.29, 1.82) is 0 Å². The Labute approximate surface area is 165 Å². The predicted molar refractivity (Wildman–Crippen MR) is 105 cm³/mol. The van der Waals surface area contributed by atoms with Gasteiger partial charge in [0.2, 0.25) is 5.12 Å². The van der Waals surface area contributed by atoms with E-state index >= 15 is 0 Å². The van der Waals surface area contributed by atoms with Crippen LogP contribution < -0.4 is 11.4 Å². The van der Waals surface area contributed by atoms with Gasteiger partial charge in [0.05, 0.1) is 24.0 Å². The van der Waals surface area contributed by atoms with E-state index in [0.29, 0.717) is 11.1 Å². The van der Waals surface area contributed by atoms with Crippen LogP contribution in [-0.4, -0.2) is 49.4 Å². The van der Waals surface area contributed by atoms with Gasteiger partial charge in [-0.2, -0.15) is 4.98 Å². The van der Waals surface area contributed by atoms with Crippen molar-refractivity contribution >= 4 is 22.7 Å². The fraction of sp³-hybridized carbons (Fsp3) is 0.316. The largest absolute Gasteiger partial charge is 0.394 e.